The average molecular weight is 310 g/mol. The Bertz CT molecular complexity index is 561. The number of benzene rings is 1. The fraction of sp³-hybridized carbons (Fsp3) is 0.462. The summed E-state index contributed by atoms with van der Waals surface area (Å²) in [6.07, 6.45) is 2.34. The van der Waals surface area contributed by atoms with E-state index in [1.54, 1.807) is 0 Å². The number of anilines is 1. The Hall–Kier alpha value is -1.07. The van der Waals surface area contributed by atoms with Crippen LogP contribution in [0.1, 0.15) is 12.8 Å². The summed E-state index contributed by atoms with van der Waals surface area (Å²) >= 11 is 3.49. The van der Waals surface area contributed by atoms with Gasteiger partial charge >= 0.3 is 0 Å². The van der Waals surface area contributed by atoms with Gasteiger partial charge in [0, 0.05) is 23.5 Å². The largest absolute Gasteiger partial charge is 0.381 e. The van der Waals surface area contributed by atoms with Crippen molar-refractivity contribution in [1.82, 2.24) is 9.55 Å². The van der Waals surface area contributed by atoms with Crippen LogP contribution in [0.15, 0.2) is 22.7 Å². The van der Waals surface area contributed by atoms with Gasteiger partial charge in [-0.2, -0.15) is 0 Å². The molecular formula is C13H16BrN3O. The van der Waals surface area contributed by atoms with E-state index in [2.05, 4.69) is 31.5 Å². The molecule has 3 rings (SSSR count). The van der Waals surface area contributed by atoms with Gasteiger partial charge in [-0.3, -0.25) is 0 Å². The predicted molar refractivity (Wildman–Crippen MR) is 75.4 cm³/mol. The third-order valence-electron chi connectivity index (χ3n) is 3.44. The van der Waals surface area contributed by atoms with Gasteiger partial charge in [-0.1, -0.05) is 15.9 Å². The van der Waals surface area contributed by atoms with Gasteiger partial charge in [0.25, 0.3) is 0 Å². The van der Waals surface area contributed by atoms with E-state index in [0.29, 0.717) is 11.9 Å². The van der Waals surface area contributed by atoms with E-state index < -0.39 is 0 Å². The number of imidazole rings is 1. The summed E-state index contributed by atoms with van der Waals surface area (Å²) in [5.74, 6) is 1.13. The lowest BCUT2D eigenvalue weighted by atomic mass is 10.0. The van der Waals surface area contributed by atoms with Crippen molar-refractivity contribution in [2.45, 2.75) is 19.4 Å². The van der Waals surface area contributed by atoms with Crippen LogP contribution in [0.3, 0.4) is 0 Å². The molecule has 5 heteroatoms. The number of ether oxygens (including phenoxy) is 1. The molecule has 18 heavy (non-hydrogen) atoms. The van der Waals surface area contributed by atoms with E-state index in [9.17, 15) is 0 Å². The van der Waals surface area contributed by atoms with Crippen LogP contribution in [0, 0.1) is 5.92 Å². The number of nitrogens with zero attached hydrogens (tertiary/aromatic N) is 2. The molecular weight excluding hydrogens is 294 g/mol. The smallest absolute Gasteiger partial charge is 0.201 e. The lowest BCUT2D eigenvalue weighted by Gasteiger charge is -2.23. The van der Waals surface area contributed by atoms with Gasteiger partial charge in [0.05, 0.1) is 17.6 Å². The van der Waals surface area contributed by atoms with Crippen LogP contribution in [-0.4, -0.2) is 22.8 Å². The highest BCUT2D eigenvalue weighted by atomic mass is 79.9. The molecule has 0 spiro atoms. The Kier molecular flexibility index (Phi) is 3.26. The van der Waals surface area contributed by atoms with E-state index >= 15 is 0 Å². The summed E-state index contributed by atoms with van der Waals surface area (Å²) in [5.41, 5.74) is 8.06. The van der Waals surface area contributed by atoms with E-state index in [0.717, 1.165) is 41.7 Å². The molecule has 1 aliphatic heterocycles. The molecule has 96 valence electrons. The zero-order valence-corrected chi connectivity index (χ0v) is 11.7. The van der Waals surface area contributed by atoms with Crippen molar-refractivity contribution >= 4 is 32.9 Å². The van der Waals surface area contributed by atoms with Crippen molar-refractivity contribution in [3.63, 3.8) is 0 Å². The fourth-order valence-corrected chi connectivity index (χ4v) is 2.86. The maximum atomic E-state index is 6.02. The minimum Gasteiger partial charge on any atom is -0.381 e. The van der Waals surface area contributed by atoms with Crippen LogP contribution < -0.4 is 5.73 Å². The van der Waals surface area contributed by atoms with E-state index in [4.69, 9.17) is 10.5 Å². The topological polar surface area (TPSA) is 53.1 Å². The molecule has 2 heterocycles. The molecule has 4 nitrogen and oxygen atoms in total. The van der Waals surface area contributed by atoms with Crippen molar-refractivity contribution in [3.8, 4) is 0 Å². The quantitative estimate of drug-likeness (QED) is 0.928. The Labute approximate surface area is 114 Å². The fourth-order valence-electron chi connectivity index (χ4n) is 2.52. The second-order valence-corrected chi connectivity index (χ2v) is 5.71. The standard InChI is InChI=1S/C13H16BrN3O/c14-10-3-4-11-12(6-10)17(13(15)16-11)7-9-2-1-5-18-8-9/h3-4,6,9H,1-2,5,7-8H2,(H2,15,16). The Morgan fingerprint density at radius 1 is 1.50 bits per heavy atom. The van der Waals surface area contributed by atoms with Gasteiger partial charge in [0.2, 0.25) is 5.95 Å². The third-order valence-corrected chi connectivity index (χ3v) is 3.93. The summed E-state index contributed by atoms with van der Waals surface area (Å²) in [6, 6.07) is 6.05. The number of hydrogen-bond donors (Lipinski definition) is 1. The molecule has 1 aromatic heterocycles. The molecule has 1 aromatic carbocycles. The molecule has 2 N–H and O–H groups in total. The molecule has 0 aliphatic carbocycles. The SMILES string of the molecule is Nc1nc2ccc(Br)cc2n1CC1CCCOC1. The first-order valence-electron chi connectivity index (χ1n) is 6.23. The molecule has 1 saturated heterocycles. The molecule has 1 fully saturated rings. The molecule has 0 radical (unpaired) electrons. The summed E-state index contributed by atoms with van der Waals surface area (Å²) in [7, 11) is 0. The third kappa shape index (κ3) is 2.24. The van der Waals surface area contributed by atoms with Crippen LogP contribution in [0.5, 0.6) is 0 Å². The molecule has 2 aromatic rings. The highest BCUT2D eigenvalue weighted by Crippen LogP contribution is 2.25. The van der Waals surface area contributed by atoms with Crippen LogP contribution in [0.25, 0.3) is 11.0 Å². The average Bonchev–Trinajstić information content (AvgIpc) is 2.67. The van der Waals surface area contributed by atoms with Gasteiger partial charge in [-0.05, 0) is 31.0 Å². The number of nitrogen functional groups attached to an aromatic ring is 1. The summed E-state index contributed by atoms with van der Waals surface area (Å²) in [6.45, 7) is 2.61. The van der Waals surface area contributed by atoms with Crippen molar-refractivity contribution < 1.29 is 4.74 Å². The second kappa shape index (κ2) is 4.90. The first-order chi connectivity index (χ1) is 8.74. The first kappa shape index (κ1) is 12.0. The number of aromatic nitrogens is 2. The molecule has 1 aliphatic rings. The number of nitrogens with two attached hydrogens (primary N) is 1. The minimum absolute atomic E-state index is 0.539. The normalized spacial score (nSPS) is 20.4. The van der Waals surface area contributed by atoms with Gasteiger partial charge < -0.3 is 15.0 Å². The monoisotopic (exact) mass is 309 g/mol. The van der Waals surface area contributed by atoms with Gasteiger partial charge in [0.15, 0.2) is 0 Å². The zero-order valence-electron chi connectivity index (χ0n) is 10.1. The summed E-state index contributed by atoms with van der Waals surface area (Å²) in [4.78, 5) is 4.40. The Morgan fingerprint density at radius 2 is 2.39 bits per heavy atom. The molecule has 0 saturated carbocycles. The Morgan fingerprint density at radius 3 is 3.17 bits per heavy atom. The van der Waals surface area contributed by atoms with Crippen LogP contribution in [0.4, 0.5) is 5.95 Å². The molecule has 0 bridgehead atoms. The van der Waals surface area contributed by atoms with E-state index in [-0.39, 0.29) is 0 Å². The highest BCUT2D eigenvalue weighted by Gasteiger charge is 2.17. The first-order valence-corrected chi connectivity index (χ1v) is 7.02. The Balaban J connectivity index is 1.94. The number of fused-ring (bicyclic) bond motifs is 1. The number of halogens is 1. The van der Waals surface area contributed by atoms with Crippen LogP contribution in [0.2, 0.25) is 0 Å². The van der Waals surface area contributed by atoms with Crippen molar-refractivity contribution in [2.75, 3.05) is 18.9 Å². The summed E-state index contributed by atoms with van der Waals surface area (Å²) < 4.78 is 8.67. The second-order valence-electron chi connectivity index (χ2n) is 4.80. The van der Waals surface area contributed by atoms with Crippen LogP contribution in [-0.2, 0) is 11.3 Å². The molecule has 0 amide bonds. The van der Waals surface area contributed by atoms with Crippen molar-refractivity contribution in [1.29, 1.82) is 0 Å². The molecule has 1 atom stereocenters. The zero-order chi connectivity index (χ0) is 12.5. The highest BCUT2D eigenvalue weighted by molar-refractivity contribution is 9.10. The number of rotatable bonds is 2. The van der Waals surface area contributed by atoms with Crippen molar-refractivity contribution in [2.24, 2.45) is 5.92 Å². The van der Waals surface area contributed by atoms with Crippen molar-refractivity contribution in [3.05, 3.63) is 22.7 Å². The maximum absolute atomic E-state index is 6.02. The molecule has 1 unspecified atom stereocenters. The lowest BCUT2D eigenvalue weighted by Crippen LogP contribution is -2.22. The van der Waals surface area contributed by atoms with E-state index in [1.807, 2.05) is 12.1 Å². The lowest BCUT2D eigenvalue weighted by molar-refractivity contribution is 0.0490. The summed E-state index contributed by atoms with van der Waals surface area (Å²) in [5, 5.41) is 0. The maximum Gasteiger partial charge on any atom is 0.201 e. The van der Waals surface area contributed by atoms with Gasteiger partial charge in [-0.25, -0.2) is 4.98 Å². The van der Waals surface area contributed by atoms with E-state index in [1.165, 1.54) is 6.42 Å². The van der Waals surface area contributed by atoms with Crippen LogP contribution >= 0.6 is 15.9 Å². The predicted octanol–water partition coefficient (Wildman–Crippen LogP) is 2.81. The number of hydrogen-bond acceptors (Lipinski definition) is 3. The van der Waals surface area contributed by atoms with Gasteiger partial charge in [-0.15, -0.1) is 0 Å². The minimum atomic E-state index is 0.539. The van der Waals surface area contributed by atoms with Gasteiger partial charge in [0.1, 0.15) is 0 Å².